The number of hydrogen-bond donors (Lipinski definition) is 0. The predicted molar refractivity (Wildman–Crippen MR) is 131 cm³/mol. The largest absolute Gasteiger partial charge is 0.493 e. The molecule has 4 aromatic carbocycles. The molecule has 0 amide bonds. The Morgan fingerprint density at radius 1 is 0.906 bits per heavy atom. The minimum Gasteiger partial charge on any atom is -0.493 e. The maximum Gasteiger partial charge on any atom is 0.180 e. The highest BCUT2D eigenvalue weighted by Gasteiger charge is 2.13. The molecule has 0 fully saturated rings. The minimum atomic E-state index is 0.346. The summed E-state index contributed by atoms with van der Waals surface area (Å²) in [5.74, 6) is 0.941. The second kappa shape index (κ2) is 9.78. The molecule has 0 bridgehead atoms. The Morgan fingerprint density at radius 2 is 1.66 bits per heavy atom. The molecule has 0 heterocycles. The van der Waals surface area contributed by atoms with Crippen molar-refractivity contribution in [1.29, 1.82) is 5.26 Å². The molecule has 0 atom stereocenters. The van der Waals surface area contributed by atoms with Crippen molar-refractivity contribution in [2.24, 2.45) is 0 Å². The van der Waals surface area contributed by atoms with Gasteiger partial charge in [-0.15, -0.1) is 0 Å². The summed E-state index contributed by atoms with van der Waals surface area (Å²) in [4.78, 5) is 0. The van der Waals surface area contributed by atoms with Gasteiger partial charge in [-0.25, -0.2) is 0 Å². The smallest absolute Gasteiger partial charge is 0.180 e. The van der Waals surface area contributed by atoms with E-state index in [1.807, 2.05) is 30.3 Å². The summed E-state index contributed by atoms with van der Waals surface area (Å²) in [7, 11) is 1.56. The van der Waals surface area contributed by atoms with E-state index in [1.54, 1.807) is 37.5 Å². The number of allylic oxidation sites excluding steroid dienone is 1. The highest BCUT2D eigenvalue weighted by atomic mass is 35.5. The summed E-state index contributed by atoms with van der Waals surface area (Å²) in [5, 5.41) is 12.9. The molecule has 32 heavy (non-hydrogen) atoms. The van der Waals surface area contributed by atoms with Crippen molar-refractivity contribution in [3.8, 4) is 17.6 Å². The first-order valence-electron chi connectivity index (χ1n) is 9.94. The van der Waals surface area contributed by atoms with E-state index in [4.69, 9.17) is 32.7 Å². The third kappa shape index (κ3) is 4.73. The van der Waals surface area contributed by atoms with Crippen LogP contribution < -0.4 is 9.47 Å². The molecule has 4 aromatic rings. The van der Waals surface area contributed by atoms with Gasteiger partial charge in [-0.2, -0.15) is 5.26 Å². The van der Waals surface area contributed by atoms with E-state index in [-0.39, 0.29) is 0 Å². The van der Waals surface area contributed by atoms with E-state index in [1.165, 1.54) is 5.39 Å². The molecule has 0 aromatic heterocycles. The topological polar surface area (TPSA) is 42.2 Å². The quantitative estimate of drug-likeness (QED) is 0.218. The van der Waals surface area contributed by atoms with Crippen LogP contribution in [0.1, 0.15) is 16.7 Å². The van der Waals surface area contributed by atoms with Gasteiger partial charge in [0.05, 0.1) is 23.8 Å². The first-order valence-corrected chi connectivity index (χ1v) is 10.7. The number of halogens is 2. The van der Waals surface area contributed by atoms with Gasteiger partial charge in [0, 0.05) is 10.6 Å². The summed E-state index contributed by atoms with van der Waals surface area (Å²) in [6.45, 7) is 0.346. The van der Waals surface area contributed by atoms with Crippen LogP contribution in [0, 0.1) is 11.3 Å². The number of fused-ring (bicyclic) bond motifs is 1. The average molecular weight is 460 g/mol. The molecule has 0 saturated carbocycles. The van der Waals surface area contributed by atoms with Crippen LogP contribution in [-0.2, 0) is 6.61 Å². The van der Waals surface area contributed by atoms with Gasteiger partial charge in [0.25, 0.3) is 0 Å². The Kier molecular flexibility index (Phi) is 6.66. The fourth-order valence-corrected chi connectivity index (χ4v) is 3.98. The van der Waals surface area contributed by atoms with E-state index < -0.39 is 0 Å². The van der Waals surface area contributed by atoms with Crippen molar-refractivity contribution in [2.45, 2.75) is 6.61 Å². The van der Waals surface area contributed by atoms with Crippen LogP contribution in [-0.4, -0.2) is 7.11 Å². The zero-order chi connectivity index (χ0) is 22.5. The lowest BCUT2D eigenvalue weighted by Crippen LogP contribution is -1.99. The van der Waals surface area contributed by atoms with Gasteiger partial charge in [0.15, 0.2) is 11.5 Å². The van der Waals surface area contributed by atoms with E-state index in [9.17, 15) is 5.26 Å². The predicted octanol–water partition coefficient (Wildman–Crippen LogP) is 7.80. The molecule has 0 N–H and O–H groups in total. The van der Waals surface area contributed by atoms with Gasteiger partial charge in [-0.1, -0.05) is 77.8 Å². The summed E-state index contributed by atoms with van der Waals surface area (Å²) in [6, 6.07) is 27.3. The molecular formula is C27H19Cl2NO2. The third-order valence-corrected chi connectivity index (χ3v) is 5.65. The van der Waals surface area contributed by atoms with Crippen LogP contribution in [0.2, 0.25) is 10.0 Å². The average Bonchev–Trinajstić information content (AvgIpc) is 2.82. The third-order valence-electron chi connectivity index (χ3n) is 5.04. The lowest BCUT2D eigenvalue weighted by molar-refractivity contribution is 0.285. The fraction of sp³-hybridized carbons (Fsp3) is 0.0741. The molecule has 0 aliphatic carbocycles. The molecule has 4 rings (SSSR count). The van der Waals surface area contributed by atoms with Crippen LogP contribution >= 0.6 is 23.2 Å². The Hall–Kier alpha value is -3.45. The molecule has 5 heteroatoms. The van der Waals surface area contributed by atoms with Gasteiger partial charge in [0.2, 0.25) is 0 Å². The summed E-state index contributed by atoms with van der Waals surface area (Å²) >= 11 is 12.8. The lowest BCUT2D eigenvalue weighted by atomic mass is 10.0. The zero-order valence-electron chi connectivity index (χ0n) is 17.3. The first-order chi connectivity index (χ1) is 15.6. The van der Waals surface area contributed by atoms with Crippen molar-refractivity contribution in [1.82, 2.24) is 0 Å². The van der Waals surface area contributed by atoms with Crippen LogP contribution in [0.4, 0.5) is 0 Å². The van der Waals surface area contributed by atoms with Gasteiger partial charge >= 0.3 is 0 Å². The Labute approximate surface area is 197 Å². The zero-order valence-corrected chi connectivity index (χ0v) is 18.8. The van der Waals surface area contributed by atoms with Crippen LogP contribution in [0.3, 0.4) is 0 Å². The van der Waals surface area contributed by atoms with E-state index in [2.05, 4.69) is 30.3 Å². The van der Waals surface area contributed by atoms with Gasteiger partial charge < -0.3 is 9.47 Å². The number of hydrogen-bond acceptors (Lipinski definition) is 3. The number of rotatable bonds is 6. The molecule has 0 radical (unpaired) electrons. The van der Waals surface area contributed by atoms with Crippen molar-refractivity contribution < 1.29 is 9.47 Å². The van der Waals surface area contributed by atoms with Crippen molar-refractivity contribution in [3.05, 3.63) is 106 Å². The van der Waals surface area contributed by atoms with Gasteiger partial charge in [-0.05, 0) is 52.2 Å². The molecule has 0 aliphatic rings. The van der Waals surface area contributed by atoms with Gasteiger partial charge in [0.1, 0.15) is 6.61 Å². The summed E-state index contributed by atoms with van der Waals surface area (Å²) in [6.07, 6.45) is 1.72. The van der Waals surface area contributed by atoms with Crippen LogP contribution in [0.25, 0.3) is 22.4 Å². The summed E-state index contributed by atoms with van der Waals surface area (Å²) < 4.78 is 11.5. The normalized spacial score (nSPS) is 11.2. The number of benzene rings is 4. The lowest BCUT2D eigenvalue weighted by Gasteiger charge is -2.14. The molecule has 0 aliphatic heterocycles. The van der Waals surface area contributed by atoms with Crippen molar-refractivity contribution in [2.75, 3.05) is 7.11 Å². The Balaban J connectivity index is 1.61. The highest BCUT2D eigenvalue weighted by Crippen LogP contribution is 2.38. The fourth-order valence-electron chi connectivity index (χ4n) is 3.46. The second-order valence-electron chi connectivity index (χ2n) is 7.15. The minimum absolute atomic E-state index is 0.346. The molecule has 0 spiro atoms. The van der Waals surface area contributed by atoms with Crippen LogP contribution in [0.15, 0.2) is 78.9 Å². The first kappa shape index (κ1) is 21.8. The van der Waals surface area contributed by atoms with E-state index >= 15 is 0 Å². The molecule has 0 unspecified atom stereocenters. The van der Waals surface area contributed by atoms with E-state index in [0.29, 0.717) is 44.9 Å². The number of methoxy groups -OCH3 is 1. The summed E-state index contributed by atoms with van der Waals surface area (Å²) in [5.41, 5.74) is 2.82. The Morgan fingerprint density at radius 3 is 2.41 bits per heavy atom. The number of nitrogens with zero attached hydrogens (tertiary/aromatic N) is 1. The SMILES string of the molecule is COc1cc(C=C(C#N)c2ccccc2Cl)cc(Cl)c1OCc1ccc2ccccc2c1. The number of ether oxygens (including phenoxy) is 2. The Bertz CT molecular complexity index is 1360. The maximum atomic E-state index is 9.64. The molecule has 158 valence electrons. The van der Waals surface area contributed by atoms with Crippen LogP contribution in [0.5, 0.6) is 11.5 Å². The maximum absolute atomic E-state index is 9.64. The van der Waals surface area contributed by atoms with E-state index in [0.717, 1.165) is 10.9 Å². The molecular weight excluding hydrogens is 441 g/mol. The molecule has 0 saturated heterocycles. The second-order valence-corrected chi connectivity index (χ2v) is 7.97. The van der Waals surface area contributed by atoms with Gasteiger partial charge in [-0.3, -0.25) is 0 Å². The monoisotopic (exact) mass is 459 g/mol. The standard InChI is InChI=1S/C27H19Cl2NO2/c1-31-26-15-19(13-22(16-30)23-8-4-5-9-24(23)28)14-25(29)27(26)32-17-18-10-11-20-6-2-3-7-21(20)12-18/h2-15H,17H2,1H3. The highest BCUT2D eigenvalue weighted by molar-refractivity contribution is 6.33. The van der Waals surface area contributed by atoms with Crippen molar-refractivity contribution >= 4 is 45.6 Å². The number of nitriles is 1. The van der Waals surface area contributed by atoms with Crippen molar-refractivity contribution in [3.63, 3.8) is 0 Å². The molecule has 3 nitrogen and oxygen atoms in total.